The molecule has 2 atom stereocenters. The molecule has 25 heavy (non-hydrogen) atoms. The summed E-state index contributed by atoms with van der Waals surface area (Å²) in [6.45, 7) is 0. The van der Waals surface area contributed by atoms with Crippen molar-refractivity contribution in [1.82, 2.24) is 14.8 Å². The number of aromatic nitrogens is 3. The molecule has 0 radical (unpaired) electrons. The highest BCUT2D eigenvalue weighted by atomic mass is 35.5. The molecule has 8 heteroatoms. The maximum Gasteiger partial charge on any atom is 0.153 e. The van der Waals surface area contributed by atoms with E-state index in [1.54, 1.807) is 29.2 Å². The minimum Gasteiger partial charge on any atom is -0.482 e. The molecule has 0 bridgehead atoms. The number of oxime groups is 1. The van der Waals surface area contributed by atoms with Crippen LogP contribution in [0.5, 0.6) is 5.75 Å². The average Bonchev–Trinajstić information content (AvgIpc) is 3.14. The van der Waals surface area contributed by atoms with Crippen molar-refractivity contribution in [3.8, 4) is 5.75 Å². The van der Waals surface area contributed by atoms with Gasteiger partial charge in [-0.05, 0) is 24.3 Å². The lowest BCUT2D eigenvalue weighted by atomic mass is 9.91. The quantitative estimate of drug-likeness (QED) is 0.540. The van der Waals surface area contributed by atoms with Gasteiger partial charge in [-0.2, -0.15) is 5.10 Å². The number of fused-ring (bicyclic) bond motifs is 1. The summed E-state index contributed by atoms with van der Waals surface area (Å²) < 4.78 is 7.78. The van der Waals surface area contributed by atoms with Crippen LogP contribution in [0.25, 0.3) is 0 Å². The van der Waals surface area contributed by atoms with Gasteiger partial charge in [0.05, 0.1) is 0 Å². The lowest BCUT2D eigenvalue weighted by Gasteiger charge is -2.34. The van der Waals surface area contributed by atoms with E-state index in [0.717, 1.165) is 0 Å². The molecule has 1 aliphatic rings. The average molecular weight is 375 g/mol. The summed E-state index contributed by atoms with van der Waals surface area (Å²) in [6, 6.07) is 12.0. The van der Waals surface area contributed by atoms with Gasteiger partial charge in [-0.3, -0.25) is 0 Å². The highest BCUT2D eigenvalue weighted by Crippen LogP contribution is 2.43. The summed E-state index contributed by atoms with van der Waals surface area (Å²) in [5, 5.41) is 18.4. The summed E-state index contributed by atoms with van der Waals surface area (Å²) in [4.78, 5) is 3.99. The zero-order valence-electron chi connectivity index (χ0n) is 12.8. The molecule has 6 nitrogen and oxygen atoms in total. The van der Waals surface area contributed by atoms with Gasteiger partial charge in [0.15, 0.2) is 6.10 Å². The van der Waals surface area contributed by atoms with E-state index in [1.807, 2.05) is 24.3 Å². The molecule has 0 aliphatic carbocycles. The minimum atomic E-state index is -0.563. The van der Waals surface area contributed by atoms with Gasteiger partial charge in [-0.25, -0.2) is 9.67 Å². The van der Waals surface area contributed by atoms with Gasteiger partial charge in [0, 0.05) is 21.2 Å². The monoisotopic (exact) mass is 374 g/mol. The zero-order valence-corrected chi connectivity index (χ0v) is 14.3. The minimum absolute atomic E-state index is 0.420. The van der Waals surface area contributed by atoms with Gasteiger partial charge < -0.3 is 9.94 Å². The van der Waals surface area contributed by atoms with Crippen molar-refractivity contribution >= 4 is 28.9 Å². The van der Waals surface area contributed by atoms with Crippen LogP contribution in [0.4, 0.5) is 0 Å². The van der Waals surface area contributed by atoms with Crippen LogP contribution in [0.2, 0.25) is 10.0 Å². The van der Waals surface area contributed by atoms with E-state index in [2.05, 4.69) is 15.2 Å². The molecule has 0 unspecified atom stereocenters. The van der Waals surface area contributed by atoms with Crippen molar-refractivity contribution in [2.45, 2.75) is 12.1 Å². The van der Waals surface area contributed by atoms with E-state index in [0.29, 0.717) is 32.6 Å². The van der Waals surface area contributed by atoms with Crippen LogP contribution < -0.4 is 4.74 Å². The fraction of sp³-hybridized carbons (Fsp3) is 0.118. The van der Waals surface area contributed by atoms with E-state index in [-0.39, 0.29) is 0 Å². The topological polar surface area (TPSA) is 72.5 Å². The molecular formula is C17H12Cl2N4O2. The second-order valence-electron chi connectivity index (χ2n) is 5.51. The van der Waals surface area contributed by atoms with Gasteiger partial charge >= 0.3 is 0 Å². The predicted octanol–water partition coefficient (Wildman–Crippen LogP) is 4.14. The molecule has 4 rings (SSSR count). The molecule has 0 saturated carbocycles. The maximum absolute atomic E-state index is 9.70. The molecule has 2 heterocycles. The second kappa shape index (κ2) is 6.38. The van der Waals surface area contributed by atoms with Gasteiger partial charge in [0.2, 0.25) is 0 Å². The van der Waals surface area contributed by atoms with Gasteiger partial charge in [0.1, 0.15) is 30.2 Å². The summed E-state index contributed by atoms with van der Waals surface area (Å²) in [5.41, 5.74) is 1.82. The fourth-order valence-corrected chi connectivity index (χ4v) is 3.50. The fourth-order valence-electron chi connectivity index (χ4n) is 2.99. The standard InChI is InChI=1S/C17H12Cl2N4O2/c18-10-5-6-11(13(19)7-10)17-16(23-9-20-8-21-23)15(22-24)12-3-1-2-4-14(12)25-17/h1-9,16-17,24H/b22-15-/t16-,17+/m1/s1. The Morgan fingerprint density at radius 3 is 2.72 bits per heavy atom. The van der Waals surface area contributed by atoms with Crippen LogP contribution in [-0.2, 0) is 0 Å². The number of para-hydroxylation sites is 1. The Morgan fingerprint density at radius 1 is 1.16 bits per heavy atom. The molecule has 0 fully saturated rings. The van der Waals surface area contributed by atoms with E-state index >= 15 is 0 Å². The first-order chi connectivity index (χ1) is 12.2. The van der Waals surface area contributed by atoms with Crippen LogP contribution >= 0.6 is 23.2 Å². The Hall–Kier alpha value is -2.57. The van der Waals surface area contributed by atoms with E-state index in [4.69, 9.17) is 27.9 Å². The van der Waals surface area contributed by atoms with Crippen LogP contribution in [-0.4, -0.2) is 25.7 Å². The third kappa shape index (κ3) is 2.73. The molecule has 3 aromatic rings. The molecule has 2 aromatic carbocycles. The van der Waals surface area contributed by atoms with Crippen molar-refractivity contribution in [3.63, 3.8) is 0 Å². The van der Waals surface area contributed by atoms with Crippen molar-refractivity contribution in [1.29, 1.82) is 0 Å². The first-order valence-electron chi connectivity index (χ1n) is 7.46. The number of halogens is 2. The van der Waals surface area contributed by atoms with Crippen LogP contribution in [0.3, 0.4) is 0 Å². The smallest absolute Gasteiger partial charge is 0.153 e. The molecular weight excluding hydrogens is 363 g/mol. The largest absolute Gasteiger partial charge is 0.482 e. The zero-order chi connectivity index (χ0) is 17.4. The highest BCUT2D eigenvalue weighted by molar-refractivity contribution is 6.35. The Bertz CT molecular complexity index is 944. The third-order valence-electron chi connectivity index (χ3n) is 4.08. The summed E-state index contributed by atoms with van der Waals surface area (Å²) in [6.07, 6.45) is 2.40. The summed E-state index contributed by atoms with van der Waals surface area (Å²) in [7, 11) is 0. The molecule has 1 N–H and O–H groups in total. The Kier molecular flexibility index (Phi) is 4.07. The first-order valence-corrected chi connectivity index (χ1v) is 8.21. The van der Waals surface area contributed by atoms with E-state index < -0.39 is 12.1 Å². The molecule has 126 valence electrons. The van der Waals surface area contributed by atoms with Crippen LogP contribution in [0, 0.1) is 0 Å². The van der Waals surface area contributed by atoms with Gasteiger partial charge in [0.25, 0.3) is 0 Å². The highest BCUT2D eigenvalue weighted by Gasteiger charge is 2.40. The first kappa shape index (κ1) is 15.9. The number of rotatable bonds is 2. The Labute approximate surface area is 153 Å². The lowest BCUT2D eigenvalue weighted by Crippen LogP contribution is -2.35. The third-order valence-corrected chi connectivity index (χ3v) is 4.64. The lowest BCUT2D eigenvalue weighted by molar-refractivity contribution is 0.151. The Balaban J connectivity index is 1.92. The van der Waals surface area contributed by atoms with E-state index in [1.165, 1.54) is 6.33 Å². The van der Waals surface area contributed by atoms with Crippen LogP contribution in [0.1, 0.15) is 23.3 Å². The number of hydrogen-bond donors (Lipinski definition) is 1. The normalized spacial score (nSPS) is 21.0. The maximum atomic E-state index is 9.70. The van der Waals surface area contributed by atoms with Gasteiger partial charge in [-0.15, -0.1) is 0 Å². The SMILES string of the molecule is O/N=C1/c2ccccc2O[C@@H](c2ccc(Cl)cc2Cl)[C@@H]1n1cncn1. The van der Waals surface area contributed by atoms with Crippen molar-refractivity contribution in [3.05, 3.63) is 76.3 Å². The molecule has 0 spiro atoms. The molecule has 1 aromatic heterocycles. The second-order valence-corrected chi connectivity index (χ2v) is 6.35. The summed E-state index contributed by atoms with van der Waals surface area (Å²) in [5.74, 6) is 0.600. The van der Waals surface area contributed by atoms with E-state index in [9.17, 15) is 5.21 Å². The van der Waals surface area contributed by atoms with Crippen molar-refractivity contribution in [2.24, 2.45) is 5.16 Å². The summed E-state index contributed by atoms with van der Waals surface area (Å²) >= 11 is 12.4. The van der Waals surface area contributed by atoms with Crippen molar-refractivity contribution < 1.29 is 9.94 Å². The molecule has 0 saturated heterocycles. The predicted molar refractivity (Wildman–Crippen MR) is 93.7 cm³/mol. The number of nitrogens with zero attached hydrogens (tertiary/aromatic N) is 4. The number of ether oxygens (including phenoxy) is 1. The molecule has 0 amide bonds. The number of benzene rings is 2. The Morgan fingerprint density at radius 2 is 2.00 bits per heavy atom. The van der Waals surface area contributed by atoms with Gasteiger partial charge in [-0.1, -0.05) is 46.6 Å². The van der Waals surface area contributed by atoms with Crippen molar-refractivity contribution in [2.75, 3.05) is 0 Å². The molecule has 1 aliphatic heterocycles. The van der Waals surface area contributed by atoms with Crippen LogP contribution in [0.15, 0.2) is 60.3 Å². The number of hydrogen-bond acceptors (Lipinski definition) is 5.